The smallest absolute Gasteiger partial charge is 0.373 e. The quantitative estimate of drug-likeness (QED) is 0.0514. The average molecular weight is 874 g/mol. The van der Waals surface area contributed by atoms with Crippen LogP contribution in [0.4, 0.5) is 47.8 Å². The molecule has 0 bridgehead atoms. The van der Waals surface area contributed by atoms with E-state index in [2.05, 4.69) is 26.0 Å². The first kappa shape index (κ1) is 45.0. The van der Waals surface area contributed by atoms with Gasteiger partial charge in [0.2, 0.25) is 17.7 Å². The third kappa shape index (κ3) is 13.7. The molecular weight excluding hydrogens is 843 g/mol. The molecule has 0 saturated heterocycles. The molecule has 6 rings (SSSR count). The number of rotatable bonds is 1. The molecule has 0 spiro atoms. The molecule has 3 aromatic carbocycles. The molecule has 278 valence electrons. The van der Waals surface area contributed by atoms with Crippen molar-refractivity contribution in [1.29, 1.82) is 0 Å². The van der Waals surface area contributed by atoms with E-state index < -0.39 is 66.0 Å². The zero-order valence-electron chi connectivity index (χ0n) is 28.7. The van der Waals surface area contributed by atoms with Gasteiger partial charge in [-0.25, -0.2) is 26.3 Å². The fourth-order valence-electron chi connectivity index (χ4n) is 4.97. The molecule has 3 aliphatic heterocycles. The van der Waals surface area contributed by atoms with Crippen molar-refractivity contribution < 1.29 is 76.0 Å². The molecule has 3 heterocycles. The van der Waals surface area contributed by atoms with Crippen molar-refractivity contribution in [3.05, 3.63) is 114 Å². The van der Waals surface area contributed by atoms with Gasteiger partial charge in [-0.3, -0.25) is 23.7 Å². The predicted molar refractivity (Wildman–Crippen MR) is 186 cm³/mol. The van der Waals surface area contributed by atoms with Gasteiger partial charge in [-0.15, -0.1) is 0 Å². The maximum atomic E-state index is 13.4. The molecule has 3 atom stereocenters. The number of benzene rings is 3. The molecule has 3 amide bonds. The number of carbonyl (C=O) groups is 3. The van der Waals surface area contributed by atoms with Crippen molar-refractivity contribution in [2.45, 2.75) is 54.5 Å². The average Bonchev–Trinajstić information content (AvgIpc) is 3.41. The number of fused-ring (bicyclic) bond motifs is 3. The summed E-state index contributed by atoms with van der Waals surface area (Å²) >= 11 is 2.00. The van der Waals surface area contributed by atoms with Crippen LogP contribution in [0, 0.1) is 34.9 Å². The largest absolute Gasteiger partial charge is 1.00 e. The zero-order valence-corrected chi connectivity index (χ0v) is 31.8. The van der Waals surface area contributed by atoms with E-state index in [0.717, 1.165) is 18.2 Å². The first-order valence-electron chi connectivity index (χ1n) is 15.4. The van der Waals surface area contributed by atoms with Gasteiger partial charge in [0.25, 0.3) is 0 Å². The molecule has 3 aromatic rings. The van der Waals surface area contributed by atoms with Crippen LogP contribution in [0.1, 0.15) is 37.3 Å². The monoisotopic (exact) mass is 873 g/mol. The molecule has 3 aliphatic rings. The molecule has 22 heteroatoms. The third-order valence-electron chi connectivity index (χ3n) is 7.35. The molecule has 0 saturated carbocycles. The number of azide groups is 1. The van der Waals surface area contributed by atoms with Crippen molar-refractivity contribution in [3.8, 4) is 0 Å². The van der Waals surface area contributed by atoms with Crippen LogP contribution in [0.2, 0.25) is 0 Å². The molecule has 0 aromatic heterocycles. The first-order valence-corrected chi connectivity index (χ1v) is 16.0. The van der Waals surface area contributed by atoms with Gasteiger partial charge in [0, 0.05) is 23.1 Å². The Balaban J connectivity index is 0.000000374. The van der Waals surface area contributed by atoms with Crippen molar-refractivity contribution in [3.63, 3.8) is 0 Å². The fourth-order valence-corrected chi connectivity index (χ4v) is 5.43. The molecule has 0 aliphatic carbocycles. The van der Waals surface area contributed by atoms with Gasteiger partial charge in [-0.2, -0.15) is 0 Å². The number of hydrogen-bond donors (Lipinski definition) is 4. The molecule has 53 heavy (non-hydrogen) atoms. The Labute approximate surface area is 334 Å². The van der Waals surface area contributed by atoms with Crippen LogP contribution in [-0.2, 0) is 33.6 Å². The Hall–Kier alpha value is -4.11. The van der Waals surface area contributed by atoms with Crippen molar-refractivity contribution in [2.24, 2.45) is 10.8 Å². The van der Waals surface area contributed by atoms with Gasteiger partial charge in [-0.1, -0.05) is 27.7 Å². The van der Waals surface area contributed by atoms with E-state index >= 15 is 0 Å². The molecule has 0 fully saturated rings. The second kappa shape index (κ2) is 22.8. The number of nitrogens with zero attached hydrogens (tertiary/aromatic N) is 6. The van der Waals surface area contributed by atoms with Crippen LogP contribution < -0.4 is 51.2 Å². The number of hydrogen-bond acceptors (Lipinski definition) is 5. The second-order valence-corrected chi connectivity index (χ2v) is 12.2. The van der Waals surface area contributed by atoms with Crippen LogP contribution >= 0.6 is 22.6 Å². The summed E-state index contributed by atoms with van der Waals surface area (Å²) in [6.45, 7) is 0. The molecular formula is C31H29F7IN10NaO3. The van der Waals surface area contributed by atoms with E-state index in [1.165, 1.54) is 17.0 Å². The van der Waals surface area contributed by atoms with Crippen LogP contribution in [-0.4, -0.2) is 40.9 Å². The zero-order chi connectivity index (χ0) is 39.8. The first-order chi connectivity index (χ1) is 25.1. The number of nitrogens with two attached hydrogens (primary N) is 1. The summed E-state index contributed by atoms with van der Waals surface area (Å²) in [5.41, 5.74) is 28.8. The number of carbonyl (C=O) groups excluding carboxylic acids is 3. The summed E-state index contributed by atoms with van der Waals surface area (Å²) in [4.78, 5) is 38.4. The minimum Gasteiger partial charge on any atom is -0.373 e. The Morgan fingerprint density at radius 3 is 1.49 bits per heavy atom. The number of amides is 3. The standard InChI is InChI=1S/C10H8F2INO.C10H8F2N4O.C10H10F2N2O.CH3F.N3.Na/c11-6-3-5-1-2-8(13)10(15)14-9(5)7(12)4-6;11-6-3-5-1-2-8(15-16-13)10(17)14-9(5)7(12)4-6;11-6-3-5-1-2-8(13)10(15)14-9(5)7(12)4-6;1-2;1-3-2;/h3-4,8H,1-2H2,(H,14,15);3-4,8H,1-2H2,(H,14,17);3-4,8H,1-2,13H2,(H,14,15);1H3;;/q;;;;-1;+1/i;;;1D;;. The number of nitrogens with one attached hydrogen (secondary N) is 3. The van der Waals surface area contributed by atoms with Crippen LogP contribution in [0.25, 0.3) is 26.4 Å². The Morgan fingerprint density at radius 2 is 1.08 bits per heavy atom. The molecule has 3 unspecified atom stereocenters. The topological polar surface area (TPSA) is 221 Å². The summed E-state index contributed by atoms with van der Waals surface area (Å²) < 4.78 is 94.2. The minimum absolute atomic E-state index is 0. The molecule has 0 radical (unpaired) electrons. The second-order valence-electron chi connectivity index (χ2n) is 10.7. The summed E-state index contributed by atoms with van der Waals surface area (Å²) in [5, 5.41) is 10.5. The maximum Gasteiger partial charge on any atom is 1.00 e. The normalized spacial score (nSPS) is 18.1. The summed E-state index contributed by atoms with van der Waals surface area (Å²) in [5.74, 6) is -5.46. The summed E-state index contributed by atoms with van der Waals surface area (Å²) in [6, 6.07) is 4.33. The summed E-state index contributed by atoms with van der Waals surface area (Å²) in [6.07, 6.45) is 2.39. The predicted octanol–water partition coefficient (Wildman–Crippen LogP) is 4.81. The number of halogens is 8. The van der Waals surface area contributed by atoms with Gasteiger partial charge >= 0.3 is 29.6 Å². The molecule has 13 nitrogen and oxygen atoms in total. The Kier molecular flexibility index (Phi) is 19.4. The van der Waals surface area contributed by atoms with Crippen LogP contribution in [0.3, 0.4) is 0 Å². The van der Waals surface area contributed by atoms with Crippen molar-refractivity contribution in [1.82, 2.24) is 0 Å². The van der Waals surface area contributed by atoms with Crippen molar-refractivity contribution >= 4 is 57.4 Å². The Morgan fingerprint density at radius 1 is 0.717 bits per heavy atom. The van der Waals surface area contributed by atoms with E-state index in [9.17, 15) is 45.1 Å². The minimum atomic E-state index is -1.00. The number of aryl methyl sites for hydroxylation is 3. The van der Waals surface area contributed by atoms with Crippen LogP contribution in [0.15, 0.2) is 41.5 Å². The Bertz CT molecular complexity index is 1830. The third-order valence-corrected chi connectivity index (χ3v) is 8.54. The van der Waals surface area contributed by atoms with E-state index in [4.69, 9.17) is 23.7 Å². The van der Waals surface area contributed by atoms with E-state index in [1.54, 1.807) is 0 Å². The van der Waals surface area contributed by atoms with Crippen LogP contribution in [0.5, 0.6) is 0 Å². The van der Waals surface area contributed by atoms with Gasteiger partial charge < -0.3 is 32.7 Å². The number of alkyl halides is 2. The van der Waals surface area contributed by atoms with Crippen molar-refractivity contribution in [2.75, 3.05) is 23.1 Å². The van der Waals surface area contributed by atoms with Gasteiger partial charge in [0.1, 0.15) is 40.9 Å². The van der Waals surface area contributed by atoms with E-state index in [1.807, 2.05) is 22.6 Å². The molecule has 5 N–H and O–H groups in total. The number of anilines is 3. The van der Waals surface area contributed by atoms with E-state index in [0.29, 0.717) is 48.4 Å². The van der Waals surface area contributed by atoms with Gasteiger partial charge in [-0.05, 0) is 78.9 Å². The van der Waals surface area contributed by atoms with Gasteiger partial charge in [0.15, 0.2) is 0 Å². The SMILES string of the molecule is NC1CCc2cc(F)cc(F)c2NC1=O.O=C1Nc2c(F)cc(F)cc2CCC1I.[2H]CF.[N-]=[N+]=NC1CCc2cc(F)cc(F)c2NC1=O.[N-]=[N+]=[N-].[Na+]. The summed E-state index contributed by atoms with van der Waals surface area (Å²) in [7, 11) is -1.00. The van der Waals surface area contributed by atoms with Gasteiger partial charge in [0.05, 0.1) is 35.6 Å². The maximum absolute atomic E-state index is 13.4. The fraction of sp³-hybridized carbons (Fsp3) is 0.323. The van der Waals surface area contributed by atoms with E-state index in [-0.39, 0.29) is 69.3 Å².